The summed E-state index contributed by atoms with van der Waals surface area (Å²) >= 11 is 3.55. The van der Waals surface area contributed by atoms with Crippen LogP contribution in [0.2, 0.25) is 0 Å². The van der Waals surface area contributed by atoms with Crippen LogP contribution in [0.1, 0.15) is 47.0 Å². The molecule has 0 aliphatic carbocycles. The van der Waals surface area contributed by atoms with E-state index in [0.29, 0.717) is 54.9 Å². The highest BCUT2D eigenvalue weighted by Gasteiger charge is 2.33. The van der Waals surface area contributed by atoms with Gasteiger partial charge in [0.1, 0.15) is 22.1 Å². The number of piperidine rings is 1. The fraction of sp³-hybridized carbons (Fsp3) is 0.294. The normalized spacial score (nSPS) is 15.9. The van der Waals surface area contributed by atoms with Gasteiger partial charge in [0, 0.05) is 42.8 Å². The monoisotopic (exact) mass is 702 g/mol. The number of hydrogen-bond acceptors (Lipinski definition) is 4. The number of para-hydroxylation sites is 1. The van der Waals surface area contributed by atoms with E-state index in [2.05, 4.69) is 47.8 Å². The Balaban J connectivity index is 1.11. The number of amides is 4. The quantitative estimate of drug-likeness (QED) is 0.176. The fourth-order valence-electron chi connectivity index (χ4n) is 6.70. The van der Waals surface area contributed by atoms with Gasteiger partial charge in [0.15, 0.2) is 0 Å². The molecule has 1 unspecified atom stereocenters. The third-order valence-corrected chi connectivity index (χ3v) is 9.64. The number of carbonyl (C=O) groups is 2. The minimum absolute atomic E-state index is 0.00869. The smallest absolute Gasteiger partial charge is 0.322 e. The van der Waals surface area contributed by atoms with Crippen LogP contribution in [-0.2, 0) is 19.5 Å². The molecule has 7 rings (SSSR count). The Bertz CT molecular complexity index is 1950. The first-order valence-electron chi connectivity index (χ1n) is 15.5. The van der Waals surface area contributed by atoms with Crippen molar-refractivity contribution in [2.45, 2.75) is 51.4 Å². The van der Waals surface area contributed by atoms with Gasteiger partial charge in [0.25, 0.3) is 0 Å². The van der Waals surface area contributed by atoms with Crippen molar-refractivity contribution >= 4 is 44.6 Å². The number of likely N-dealkylation sites (tertiary alicyclic amines) is 1. The molecule has 1 fully saturated rings. The average Bonchev–Trinajstić information content (AvgIpc) is 3.67. The highest BCUT2D eigenvalue weighted by Crippen LogP contribution is 2.29. The van der Waals surface area contributed by atoms with Gasteiger partial charge in [0.2, 0.25) is 0 Å². The summed E-state index contributed by atoms with van der Waals surface area (Å²) in [6.07, 6.45) is 5.10. The summed E-state index contributed by atoms with van der Waals surface area (Å²) in [7, 11) is 0. The zero-order valence-corrected chi connectivity index (χ0v) is 27.2. The molecule has 4 heterocycles. The van der Waals surface area contributed by atoms with E-state index in [-0.39, 0.29) is 24.6 Å². The maximum atomic E-state index is 14.1. The topological polar surface area (TPSA) is 111 Å². The van der Waals surface area contributed by atoms with Gasteiger partial charge in [-0.15, -0.1) is 0 Å². The van der Waals surface area contributed by atoms with Gasteiger partial charge in [-0.25, -0.2) is 23.4 Å². The van der Waals surface area contributed by atoms with Crippen LogP contribution in [-0.4, -0.2) is 60.7 Å². The van der Waals surface area contributed by atoms with Gasteiger partial charge < -0.3 is 25.0 Å². The average molecular weight is 704 g/mol. The number of nitrogens with one attached hydrogen (secondary N) is 3. The van der Waals surface area contributed by atoms with Crippen LogP contribution >= 0.6 is 15.9 Å². The van der Waals surface area contributed by atoms with E-state index in [1.807, 2.05) is 42.2 Å². The van der Waals surface area contributed by atoms with E-state index >= 15 is 0 Å². The number of imidazole rings is 1. The lowest BCUT2D eigenvalue weighted by atomic mass is 10.00. The van der Waals surface area contributed by atoms with Gasteiger partial charge in [-0.2, -0.15) is 5.10 Å². The molecular formula is C34H33BrF2N8O2. The molecule has 0 saturated carbocycles. The number of carbonyl (C=O) groups excluding carboxylic acids is 2. The third kappa shape index (κ3) is 6.44. The lowest BCUT2D eigenvalue weighted by Gasteiger charge is -2.40. The Hall–Kier alpha value is -4.78. The summed E-state index contributed by atoms with van der Waals surface area (Å²) < 4.78 is 30.6. The molecule has 3 aromatic carbocycles. The Morgan fingerprint density at radius 1 is 1.06 bits per heavy atom. The molecule has 0 radical (unpaired) electrons. The van der Waals surface area contributed by atoms with E-state index in [4.69, 9.17) is 0 Å². The molecule has 1 atom stereocenters. The van der Waals surface area contributed by atoms with Crippen molar-refractivity contribution in [1.82, 2.24) is 34.9 Å². The number of anilines is 1. The third-order valence-electron chi connectivity index (χ3n) is 9.01. The van der Waals surface area contributed by atoms with Crippen molar-refractivity contribution in [2.75, 3.05) is 18.4 Å². The number of fused-ring (bicyclic) bond motifs is 2. The van der Waals surface area contributed by atoms with Crippen molar-refractivity contribution in [3.05, 3.63) is 111 Å². The molecule has 10 nitrogen and oxygen atoms in total. The molecule has 1 saturated heterocycles. The molecule has 2 aliphatic heterocycles. The van der Waals surface area contributed by atoms with E-state index in [1.165, 1.54) is 12.1 Å². The summed E-state index contributed by atoms with van der Waals surface area (Å²) in [4.78, 5) is 35.0. The van der Waals surface area contributed by atoms with Crippen LogP contribution < -0.4 is 10.6 Å². The van der Waals surface area contributed by atoms with Crippen molar-refractivity contribution in [3.63, 3.8) is 0 Å². The molecule has 13 heteroatoms. The zero-order chi connectivity index (χ0) is 32.7. The highest BCUT2D eigenvalue weighted by atomic mass is 79.9. The lowest BCUT2D eigenvalue weighted by molar-refractivity contribution is 0.127. The predicted octanol–water partition coefficient (Wildman–Crippen LogP) is 6.66. The summed E-state index contributed by atoms with van der Waals surface area (Å²) in [5.74, 6) is -0.791. The molecule has 5 aromatic rings. The largest absolute Gasteiger partial charge is 0.328 e. The molecule has 0 spiro atoms. The molecule has 4 amide bonds. The lowest BCUT2D eigenvalue weighted by Crippen LogP contribution is -2.53. The second kappa shape index (κ2) is 12.8. The number of urea groups is 2. The zero-order valence-electron chi connectivity index (χ0n) is 25.6. The van der Waals surface area contributed by atoms with Crippen LogP contribution in [0.25, 0.3) is 10.9 Å². The predicted molar refractivity (Wildman–Crippen MR) is 177 cm³/mol. The second-order valence-corrected chi connectivity index (χ2v) is 13.0. The van der Waals surface area contributed by atoms with E-state index in [9.17, 15) is 18.4 Å². The van der Waals surface area contributed by atoms with Crippen molar-refractivity contribution in [3.8, 4) is 0 Å². The first-order valence-corrected chi connectivity index (χ1v) is 16.3. The number of halogens is 3. The Morgan fingerprint density at radius 2 is 1.83 bits per heavy atom. The summed E-state index contributed by atoms with van der Waals surface area (Å²) in [5, 5.41) is 14.3. The minimum Gasteiger partial charge on any atom is -0.328 e. The molecule has 47 heavy (non-hydrogen) atoms. The maximum Gasteiger partial charge on any atom is 0.322 e. The van der Waals surface area contributed by atoms with Crippen molar-refractivity contribution in [2.24, 2.45) is 0 Å². The number of rotatable bonds is 7. The number of H-pyrrole nitrogens is 1. The molecule has 2 aromatic heterocycles. The standard InChI is InChI=1S/C34H33BrF2N8O2/c1-20-10-21(11-24-16-39-42-31(20)24)14-29(32-38-17-30(35)45(32)18-22-12-25(36)15-26(37)13-22)41-33(46)43-8-6-27(7-9-43)44-19-23-4-2-3-5-28(23)40-34(44)47/h2-5,10-13,15-17,27,29H,6-9,14,18-19H2,1H3,(H,39,42)(H,40,47)(H,41,46). The SMILES string of the molecule is Cc1cc(CC(NC(=O)N2CCC(N3Cc4ccccc4NC3=O)CC2)c2ncc(Br)n2Cc2cc(F)cc(F)c2)cc2cn[nH]c12. The molecule has 3 N–H and O–H groups in total. The number of aromatic amines is 1. The van der Waals surface area contributed by atoms with Crippen molar-refractivity contribution in [1.29, 1.82) is 0 Å². The highest BCUT2D eigenvalue weighted by molar-refractivity contribution is 9.10. The van der Waals surface area contributed by atoms with E-state index in [1.54, 1.807) is 21.9 Å². The van der Waals surface area contributed by atoms with Crippen LogP contribution in [0.15, 0.2) is 71.6 Å². The first-order chi connectivity index (χ1) is 22.7. The maximum absolute atomic E-state index is 14.1. The van der Waals surface area contributed by atoms with Crippen molar-refractivity contribution < 1.29 is 18.4 Å². The van der Waals surface area contributed by atoms with Crippen LogP contribution in [0, 0.1) is 18.6 Å². The Morgan fingerprint density at radius 3 is 2.62 bits per heavy atom. The van der Waals surface area contributed by atoms with Crippen LogP contribution in [0.3, 0.4) is 0 Å². The number of benzene rings is 3. The molecule has 242 valence electrons. The molecular weight excluding hydrogens is 670 g/mol. The molecule has 0 bridgehead atoms. The molecule has 2 aliphatic rings. The number of aryl methyl sites for hydroxylation is 1. The Kier molecular flexibility index (Phi) is 8.39. The summed E-state index contributed by atoms with van der Waals surface area (Å²) in [5.41, 5.74) is 5.27. The van der Waals surface area contributed by atoms with Gasteiger partial charge in [-0.3, -0.25) is 5.10 Å². The van der Waals surface area contributed by atoms with Gasteiger partial charge in [-0.1, -0.05) is 24.3 Å². The van der Waals surface area contributed by atoms with Gasteiger partial charge >= 0.3 is 12.1 Å². The minimum atomic E-state index is -0.666. The van der Waals surface area contributed by atoms with E-state index in [0.717, 1.165) is 39.3 Å². The van der Waals surface area contributed by atoms with Crippen LogP contribution in [0.5, 0.6) is 0 Å². The first kappa shape index (κ1) is 30.9. The number of hydrogen-bond donors (Lipinski definition) is 3. The van der Waals surface area contributed by atoms with Crippen LogP contribution in [0.4, 0.5) is 24.1 Å². The van der Waals surface area contributed by atoms with Gasteiger partial charge in [-0.05, 0) is 88.6 Å². The summed E-state index contributed by atoms with van der Waals surface area (Å²) in [6.45, 7) is 3.64. The fourth-order valence-corrected chi connectivity index (χ4v) is 7.11. The van der Waals surface area contributed by atoms with E-state index < -0.39 is 17.7 Å². The Labute approximate surface area is 278 Å². The number of nitrogens with zero attached hydrogens (tertiary/aromatic N) is 5. The summed E-state index contributed by atoms with van der Waals surface area (Å²) in [6, 6.07) is 14.4. The number of aromatic nitrogens is 4. The van der Waals surface area contributed by atoms with Gasteiger partial charge in [0.05, 0.1) is 30.5 Å². The second-order valence-electron chi connectivity index (χ2n) is 12.2.